The maximum Gasteiger partial charge on any atom is 0.262 e. The molecule has 0 aromatic heterocycles. The van der Waals surface area contributed by atoms with Gasteiger partial charge in [-0.05, 0) is 44.7 Å². The molecule has 3 amide bonds. The third-order valence-electron chi connectivity index (χ3n) is 4.68. The zero-order chi connectivity index (χ0) is 21.9. The van der Waals surface area contributed by atoms with Gasteiger partial charge >= 0.3 is 0 Å². The van der Waals surface area contributed by atoms with Gasteiger partial charge in [-0.15, -0.1) is 0 Å². The van der Waals surface area contributed by atoms with Crippen LogP contribution in [-0.2, 0) is 9.53 Å². The van der Waals surface area contributed by atoms with Crippen molar-refractivity contribution < 1.29 is 24.2 Å². The number of carbonyl (C=O) groups is 3. The molecule has 1 aliphatic heterocycles. The Labute approximate surface area is 176 Å². The second-order valence-corrected chi connectivity index (χ2v) is 7.04. The molecule has 0 saturated heterocycles. The van der Waals surface area contributed by atoms with Gasteiger partial charge < -0.3 is 20.9 Å². The van der Waals surface area contributed by atoms with E-state index >= 15 is 0 Å². The van der Waals surface area contributed by atoms with Crippen LogP contribution in [-0.4, -0.2) is 72.5 Å². The molecule has 0 radical (unpaired) electrons. The number of imide groups is 1. The number of aliphatic imine (C=N–C) groups is 1. The molecule has 0 aliphatic carbocycles. The lowest BCUT2D eigenvalue weighted by Crippen LogP contribution is -2.50. The van der Waals surface area contributed by atoms with Crippen molar-refractivity contribution in [1.29, 1.82) is 0 Å². The molecule has 0 fully saturated rings. The lowest BCUT2D eigenvalue weighted by atomic mass is 10.1. The number of rotatable bonds is 13. The fraction of sp³-hybridized carbons (Fsp3) is 0.524. The predicted molar refractivity (Wildman–Crippen MR) is 112 cm³/mol. The van der Waals surface area contributed by atoms with Crippen molar-refractivity contribution in [3.05, 3.63) is 35.4 Å². The van der Waals surface area contributed by atoms with Crippen LogP contribution in [0.5, 0.6) is 0 Å². The van der Waals surface area contributed by atoms with Crippen LogP contribution in [0.3, 0.4) is 0 Å². The van der Waals surface area contributed by atoms with Crippen LogP contribution in [0.25, 0.3) is 0 Å². The highest BCUT2D eigenvalue weighted by Crippen LogP contribution is 2.26. The SMILES string of the molecule is CC(N)=NCCCCC(C(=O)NCCOCCCO)N1C(=O)c2ccccc2C1=O. The van der Waals surface area contributed by atoms with Crippen LogP contribution < -0.4 is 11.1 Å². The summed E-state index contributed by atoms with van der Waals surface area (Å²) >= 11 is 0. The van der Waals surface area contributed by atoms with E-state index in [2.05, 4.69) is 10.3 Å². The molecule has 30 heavy (non-hydrogen) atoms. The molecule has 4 N–H and O–H groups in total. The first-order chi connectivity index (χ1) is 14.5. The minimum Gasteiger partial charge on any atom is -0.396 e. The maximum atomic E-state index is 12.8. The number of fused-ring (bicyclic) bond motifs is 1. The Kier molecular flexibility index (Phi) is 9.43. The second kappa shape index (κ2) is 12.0. The molecule has 1 aromatic carbocycles. The van der Waals surface area contributed by atoms with Gasteiger partial charge in [0.2, 0.25) is 5.91 Å². The molecule has 2 rings (SSSR count). The fourth-order valence-corrected chi connectivity index (χ4v) is 3.21. The topological polar surface area (TPSA) is 134 Å². The third-order valence-corrected chi connectivity index (χ3v) is 4.68. The number of aliphatic hydroxyl groups is 1. The van der Waals surface area contributed by atoms with Crippen molar-refractivity contribution >= 4 is 23.6 Å². The summed E-state index contributed by atoms with van der Waals surface area (Å²) in [5.41, 5.74) is 6.16. The summed E-state index contributed by atoms with van der Waals surface area (Å²) in [6.07, 6.45) is 2.15. The van der Waals surface area contributed by atoms with Crippen molar-refractivity contribution in [2.24, 2.45) is 10.7 Å². The largest absolute Gasteiger partial charge is 0.396 e. The van der Waals surface area contributed by atoms with Crippen LogP contribution in [0.1, 0.15) is 53.3 Å². The molecule has 0 spiro atoms. The number of aliphatic hydroxyl groups excluding tert-OH is 1. The minimum absolute atomic E-state index is 0.0436. The summed E-state index contributed by atoms with van der Waals surface area (Å²) in [6, 6.07) is 5.67. The molecule has 164 valence electrons. The van der Waals surface area contributed by atoms with E-state index in [-0.39, 0.29) is 19.8 Å². The van der Waals surface area contributed by atoms with Crippen LogP contribution in [0.2, 0.25) is 0 Å². The number of nitrogens with zero attached hydrogens (tertiary/aromatic N) is 2. The van der Waals surface area contributed by atoms with Gasteiger partial charge in [-0.3, -0.25) is 24.3 Å². The van der Waals surface area contributed by atoms with Gasteiger partial charge in [0.25, 0.3) is 11.8 Å². The number of unbranched alkanes of at least 4 members (excludes halogenated alkanes) is 1. The summed E-state index contributed by atoms with van der Waals surface area (Å²) in [7, 11) is 0. The number of nitrogens with one attached hydrogen (secondary N) is 1. The first-order valence-corrected chi connectivity index (χ1v) is 10.2. The standard InChI is InChI=1S/C21H30N4O5/c1-15(22)23-10-5-4-9-18(19(27)24-11-14-30-13-6-12-26)25-20(28)16-7-2-3-8-17(16)21(25)29/h2-3,7-8,18,26H,4-6,9-14H2,1H3,(H2,22,23)(H,24,27). The summed E-state index contributed by atoms with van der Waals surface area (Å²) in [4.78, 5) is 43.7. The van der Waals surface area contributed by atoms with Crippen LogP contribution in [0.15, 0.2) is 29.3 Å². The number of carbonyl (C=O) groups excluding carboxylic acids is 3. The number of hydrogen-bond donors (Lipinski definition) is 3. The zero-order valence-corrected chi connectivity index (χ0v) is 17.3. The van der Waals surface area contributed by atoms with Crippen molar-refractivity contribution in [3.8, 4) is 0 Å². The predicted octanol–water partition coefficient (Wildman–Crippen LogP) is 0.714. The second-order valence-electron chi connectivity index (χ2n) is 7.04. The summed E-state index contributed by atoms with van der Waals surface area (Å²) in [6.45, 7) is 3.21. The fourth-order valence-electron chi connectivity index (χ4n) is 3.21. The van der Waals surface area contributed by atoms with Gasteiger partial charge in [0, 0.05) is 26.3 Å². The monoisotopic (exact) mass is 418 g/mol. The number of hydrogen-bond acceptors (Lipinski definition) is 6. The van der Waals surface area contributed by atoms with E-state index in [9.17, 15) is 14.4 Å². The van der Waals surface area contributed by atoms with Gasteiger partial charge in [0.1, 0.15) is 6.04 Å². The van der Waals surface area contributed by atoms with Crippen molar-refractivity contribution in [3.63, 3.8) is 0 Å². The molecular weight excluding hydrogens is 388 g/mol. The zero-order valence-electron chi connectivity index (χ0n) is 17.3. The quantitative estimate of drug-likeness (QED) is 0.187. The first-order valence-electron chi connectivity index (χ1n) is 10.2. The van der Waals surface area contributed by atoms with E-state index in [0.29, 0.717) is 55.8 Å². The molecule has 0 saturated carbocycles. The van der Waals surface area contributed by atoms with Gasteiger partial charge in [0.15, 0.2) is 0 Å². The van der Waals surface area contributed by atoms with Crippen LogP contribution in [0, 0.1) is 0 Å². The first kappa shape index (κ1) is 23.5. The molecule has 1 aliphatic rings. The summed E-state index contributed by atoms with van der Waals surface area (Å²) < 4.78 is 5.31. The smallest absolute Gasteiger partial charge is 0.262 e. The maximum absolute atomic E-state index is 12.8. The number of nitrogens with two attached hydrogens (primary N) is 1. The van der Waals surface area contributed by atoms with Crippen molar-refractivity contribution in [2.75, 3.05) is 32.9 Å². The lowest BCUT2D eigenvalue weighted by molar-refractivity contribution is -0.125. The van der Waals surface area contributed by atoms with Gasteiger partial charge in [-0.1, -0.05) is 12.1 Å². The minimum atomic E-state index is -0.905. The van der Waals surface area contributed by atoms with Crippen LogP contribution >= 0.6 is 0 Å². The molecule has 1 heterocycles. The van der Waals surface area contributed by atoms with E-state index in [1.165, 1.54) is 0 Å². The number of amides is 3. The Morgan fingerprint density at radius 2 is 1.83 bits per heavy atom. The Morgan fingerprint density at radius 1 is 1.17 bits per heavy atom. The van der Waals surface area contributed by atoms with E-state index < -0.39 is 23.8 Å². The lowest BCUT2D eigenvalue weighted by Gasteiger charge is -2.25. The molecule has 0 bridgehead atoms. The highest BCUT2D eigenvalue weighted by atomic mass is 16.5. The molecule has 1 unspecified atom stereocenters. The van der Waals surface area contributed by atoms with Crippen LogP contribution in [0.4, 0.5) is 0 Å². The van der Waals surface area contributed by atoms with E-state index in [4.69, 9.17) is 15.6 Å². The number of ether oxygens (including phenoxy) is 1. The Hall–Kier alpha value is -2.78. The average molecular weight is 418 g/mol. The Morgan fingerprint density at radius 3 is 2.43 bits per heavy atom. The van der Waals surface area contributed by atoms with E-state index in [0.717, 1.165) is 4.90 Å². The van der Waals surface area contributed by atoms with Crippen molar-refractivity contribution in [1.82, 2.24) is 10.2 Å². The van der Waals surface area contributed by atoms with Gasteiger partial charge in [-0.2, -0.15) is 0 Å². The molecule has 1 atom stereocenters. The highest BCUT2D eigenvalue weighted by Gasteiger charge is 2.42. The van der Waals surface area contributed by atoms with Gasteiger partial charge in [0.05, 0.1) is 23.6 Å². The van der Waals surface area contributed by atoms with Gasteiger partial charge in [-0.25, -0.2) is 0 Å². The molecule has 9 heteroatoms. The summed E-state index contributed by atoms with van der Waals surface area (Å²) in [5.74, 6) is -0.809. The average Bonchev–Trinajstić information content (AvgIpc) is 2.98. The molecular formula is C21H30N4O5. The Balaban J connectivity index is 2.02. The normalized spacial score (nSPS) is 14.7. The summed E-state index contributed by atoms with van der Waals surface area (Å²) in [5, 5.41) is 11.5. The molecule has 9 nitrogen and oxygen atoms in total. The van der Waals surface area contributed by atoms with E-state index in [1.807, 2.05) is 0 Å². The Bertz CT molecular complexity index is 741. The number of benzene rings is 1. The molecule has 1 aromatic rings. The van der Waals surface area contributed by atoms with Crippen molar-refractivity contribution in [2.45, 2.75) is 38.6 Å². The van der Waals surface area contributed by atoms with E-state index in [1.54, 1.807) is 31.2 Å². The number of amidine groups is 1. The third kappa shape index (κ3) is 6.36. The highest BCUT2D eigenvalue weighted by molar-refractivity contribution is 6.22.